The molecule has 110 valence electrons. The number of hydrogen-bond donors (Lipinski definition) is 1. The second-order valence-corrected chi connectivity index (χ2v) is 6.45. The molecule has 0 atom stereocenters. The first-order valence-electron chi connectivity index (χ1n) is 7.03. The van der Waals surface area contributed by atoms with E-state index in [2.05, 4.69) is 41.2 Å². The second-order valence-electron chi connectivity index (χ2n) is 5.41. The summed E-state index contributed by atoms with van der Waals surface area (Å²) in [6, 6.07) is 10.2. The van der Waals surface area contributed by atoms with Gasteiger partial charge in [-0.05, 0) is 43.5 Å². The maximum absolute atomic E-state index is 5.82. The molecule has 0 aliphatic rings. The van der Waals surface area contributed by atoms with Crippen LogP contribution in [0.3, 0.4) is 0 Å². The predicted molar refractivity (Wildman–Crippen MR) is 87.1 cm³/mol. The maximum Gasteiger partial charge on any atom is 0.209 e. The molecule has 0 aliphatic carbocycles. The SMILES string of the molecule is CC(C)N(Cc1nc2cc(N)ccc2o1)Cc1cccs1. The van der Waals surface area contributed by atoms with Gasteiger partial charge in [-0.15, -0.1) is 11.3 Å². The highest BCUT2D eigenvalue weighted by Gasteiger charge is 2.15. The summed E-state index contributed by atoms with van der Waals surface area (Å²) in [4.78, 5) is 8.24. The molecule has 0 spiro atoms. The van der Waals surface area contributed by atoms with Gasteiger partial charge in [0.1, 0.15) is 5.52 Å². The lowest BCUT2D eigenvalue weighted by Gasteiger charge is -2.24. The molecule has 2 aromatic heterocycles. The summed E-state index contributed by atoms with van der Waals surface area (Å²) in [5, 5.41) is 2.11. The fourth-order valence-electron chi connectivity index (χ4n) is 2.26. The zero-order valence-corrected chi connectivity index (χ0v) is 13.1. The number of oxazole rings is 1. The maximum atomic E-state index is 5.82. The van der Waals surface area contributed by atoms with E-state index >= 15 is 0 Å². The second kappa shape index (κ2) is 5.87. The Morgan fingerprint density at radius 1 is 1.29 bits per heavy atom. The van der Waals surface area contributed by atoms with Crippen molar-refractivity contribution in [2.45, 2.75) is 33.0 Å². The summed E-state index contributed by atoms with van der Waals surface area (Å²) in [5.41, 5.74) is 8.11. The number of fused-ring (bicyclic) bond motifs is 1. The molecule has 0 radical (unpaired) electrons. The first-order chi connectivity index (χ1) is 10.1. The highest BCUT2D eigenvalue weighted by molar-refractivity contribution is 7.09. The molecular formula is C16H19N3OS. The van der Waals surface area contributed by atoms with Crippen LogP contribution in [0.5, 0.6) is 0 Å². The highest BCUT2D eigenvalue weighted by atomic mass is 32.1. The Labute approximate surface area is 128 Å². The molecule has 1 aromatic carbocycles. The standard InChI is InChI=1S/C16H19N3OS/c1-11(2)19(9-13-4-3-7-21-13)10-16-18-14-8-12(17)5-6-15(14)20-16/h3-8,11H,9-10,17H2,1-2H3. The fraction of sp³-hybridized carbons (Fsp3) is 0.312. The van der Waals surface area contributed by atoms with E-state index in [0.29, 0.717) is 18.3 Å². The third-order valence-electron chi connectivity index (χ3n) is 3.46. The van der Waals surface area contributed by atoms with E-state index in [1.807, 2.05) is 18.2 Å². The Balaban J connectivity index is 1.80. The van der Waals surface area contributed by atoms with Crippen molar-refractivity contribution in [1.29, 1.82) is 0 Å². The number of benzene rings is 1. The normalized spacial score (nSPS) is 11.8. The van der Waals surface area contributed by atoms with Gasteiger partial charge < -0.3 is 10.2 Å². The van der Waals surface area contributed by atoms with Crippen LogP contribution in [-0.2, 0) is 13.1 Å². The van der Waals surface area contributed by atoms with Gasteiger partial charge in [0.15, 0.2) is 5.58 Å². The number of thiophene rings is 1. The Morgan fingerprint density at radius 2 is 2.14 bits per heavy atom. The average Bonchev–Trinajstić information content (AvgIpc) is 3.06. The van der Waals surface area contributed by atoms with Gasteiger partial charge in [-0.2, -0.15) is 0 Å². The summed E-state index contributed by atoms with van der Waals surface area (Å²) in [6.45, 7) is 5.99. The van der Waals surface area contributed by atoms with E-state index in [-0.39, 0.29) is 0 Å². The average molecular weight is 301 g/mol. The molecule has 0 fully saturated rings. The van der Waals surface area contributed by atoms with Crippen LogP contribution in [-0.4, -0.2) is 15.9 Å². The summed E-state index contributed by atoms with van der Waals surface area (Å²) in [6.07, 6.45) is 0. The van der Waals surface area contributed by atoms with E-state index in [1.165, 1.54) is 4.88 Å². The Bertz CT molecular complexity index is 718. The Hall–Kier alpha value is -1.85. The van der Waals surface area contributed by atoms with Crippen molar-refractivity contribution in [1.82, 2.24) is 9.88 Å². The van der Waals surface area contributed by atoms with E-state index in [1.54, 1.807) is 11.3 Å². The molecule has 5 heteroatoms. The Kier molecular flexibility index (Phi) is 3.94. The summed E-state index contributed by atoms with van der Waals surface area (Å²) in [7, 11) is 0. The quantitative estimate of drug-likeness (QED) is 0.727. The predicted octanol–water partition coefficient (Wildman–Crippen LogP) is 3.88. The fourth-order valence-corrected chi connectivity index (χ4v) is 2.99. The van der Waals surface area contributed by atoms with Crippen LogP contribution in [0.25, 0.3) is 11.1 Å². The van der Waals surface area contributed by atoms with Gasteiger partial charge in [0.25, 0.3) is 0 Å². The van der Waals surface area contributed by atoms with Crippen molar-refractivity contribution in [3.8, 4) is 0 Å². The van der Waals surface area contributed by atoms with Crippen LogP contribution in [0.1, 0.15) is 24.6 Å². The largest absolute Gasteiger partial charge is 0.439 e. The smallest absolute Gasteiger partial charge is 0.209 e. The van der Waals surface area contributed by atoms with Crippen LogP contribution in [0.4, 0.5) is 5.69 Å². The number of anilines is 1. The molecule has 3 aromatic rings. The summed E-state index contributed by atoms with van der Waals surface area (Å²) in [5.74, 6) is 0.737. The number of nitrogens with zero attached hydrogens (tertiary/aromatic N) is 2. The van der Waals surface area contributed by atoms with Gasteiger partial charge in [-0.1, -0.05) is 6.07 Å². The van der Waals surface area contributed by atoms with Gasteiger partial charge in [0.05, 0.1) is 6.54 Å². The van der Waals surface area contributed by atoms with Crippen LogP contribution in [0, 0.1) is 0 Å². The third kappa shape index (κ3) is 3.25. The molecule has 2 N–H and O–H groups in total. The van der Waals surface area contributed by atoms with Crippen LogP contribution >= 0.6 is 11.3 Å². The van der Waals surface area contributed by atoms with Crippen LogP contribution in [0.15, 0.2) is 40.1 Å². The molecule has 3 rings (SSSR count). The van der Waals surface area contributed by atoms with E-state index in [4.69, 9.17) is 10.2 Å². The number of hydrogen-bond acceptors (Lipinski definition) is 5. The van der Waals surface area contributed by atoms with E-state index in [0.717, 1.165) is 23.5 Å². The number of rotatable bonds is 5. The molecule has 21 heavy (non-hydrogen) atoms. The molecule has 0 saturated carbocycles. The number of aromatic nitrogens is 1. The van der Waals surface area contributed by atoms with Crippen molar-refractivity contribution >= 4 is 28.1 Å². The number of nitrogen functional groups attached to an aromatic ring is 1. The number of nitrogens with two attached hydrogens (primary N) is 1. The lowest BCUT2D eigenvalue weighted by atomic mass is 10.3. The molecule has 0 amide bonds. The Morgan fingerprint density at radius 3 is 2.86 bits per heavy atom. The van der Waals surface area contributed by atoms with Crippen molar-refractivity contribution in [2.24, 2.45) is 0 Å². The highest BCUT2D eigenvalue weighted by Crippen LogP contribution is 2.21. The lowest BCUT2D eigenvalue weighted by Crippen LogP contribution is -2.29. The molecule has 4 nitrogen and oxygen atoms in total. The summed E-state index contributed by atoms with van der Waals surface area (Å²) < 4.78 is 5.82. The van der Waals surface area contributed by atoms with Gasteiger partial charge >= 0.3 is 0 Å². The van der Waals surface area contributed by atoms with E-state index in [9.17, 15) is 0 Å². The zero-order valence-electron chi connectivity index (χ0n) is 12.2. The van der Waals surface area contributed by atoms with Crippen LogP contribution < -0.4 is 5.73 Å². The molecule has 0 unspecified atom stereocenters. The first kappa shape index (κ1) is 14.1. The van der Waals surface area contributed by atoms with E-state index < -0.39 is 0 Å². The van der Waals surface area contributed by atoms with Gasteiger partial charge in [-0.3, -0.25) is 4.90 Å². The monoisotopic (exact) mass is 301 g/mol. The van der Waals surface area contributed by atoms with Crippen molar-refractivity contribution < 1.29 is 4.42 Å². The van der Waals surface area contributed by atoms with Gasteiger partial charge in [0, 0.05) is 23.2 Å². The minimum atomic E-state index is 0.423. The molecule has 0 saturated heterocycles. The van der Waals surface area contributed by atoms with Crippen molar-refractivity contribution in [3.63, 3.8) is 0 Å². The first-order valence-corrected chi connectivity index (χ1v) is 7.91. The molecule has 0 bridgehead atoms. The zero-order chi connectivity index (χ0) is 14.8. The minimum absolute atomic E-state index is 0.423. The van der Waals surface area contributed by atoms with Gasteiger partial charge in [-0.25, -0.2) is 4.98 Å². The van der Waals surface area contributed by atoms with Crippen molar-refractivity contribution in [3.05, 3.63) is 46.5 Å². The molecule has 2 heterocycles. The van der Waals surface area contributed by atoms with Gasteiger partial charge in [0.2, 0.25) is 5.89 Å². The topological polar surface area (TPSA) is 55.3 Å². The summed E-state index contributed by atoms with van der Waals surface area (Å²) >= 11 is 1.78. The molecule has 0 aliphatic heterocycles. The van der Waals surface area contributed by atoms with Crippen molar-refractivity contribution in [2.75, 3.05) is 5.73 Å². The van der Waals surface area contributed by atoms with Crippen LogP contribution in [0.2, 0.25) is 0 Å². The molecular weight excluding hydrogens is 282 g/mol. The minimum Gasteiger partial charge on any atom is -0.439 e. The third-order valence-corrected chi connectivity index (χ3v) is 4.32. The lowest BCUT2D eigenvalue weighted by molar-refractivity contribution is 0.187.